The van der Waals surface area contributed by atoms with Crippen LogP contribution < -0.4 is 0 Å². The molecule has 0 amide bonds. The molecule has 1 aliphatic carbocycles. The highest BCUT2D eigenvalue weighted by Crippen LogP contribution is 2.60. The maximum Gasteiger partial charge on any atom is 0.310 e. The number of allylic oxidation sites excluding steroid dienone is 1. The SMILES string of the molecule is CC1(C)C(/C=C(/F)Cl)C1C(=O)OCc1c(F)cccc1Br. The first-order chi connectivity index (χ1) is 9.75. The van der Waals surface area contributed by atoms with Gasteiger partial charge in [-0.05, 0) is 23.6 Å². The second-order valence-electron chi connectivity index (χ2n) is 5.59. The van der Waals surface area contributed by atoms with Crippen LogP contribution in [0.5, 0.6) is 0 Å². The highest BCUT2D eigenvalue weighted by Gasteiger charge is 2.61. The van der Waals surface area contributed by atoms with E-state index in [0.29, 0.717) is 4.47 Å². The van der Waals surface area contributed by atoms with E-state index in [1.807, 2.05) is 13.8 Å². The van der Waals surface area contributed by atoms with Gasteiger partial charge in [0, 0.05) is 16.0 Å². The van der Waals surface area contributed by atoms with Crippen molar-refractivity contribution in [3.63, 3.8) is 0 Å². The van der Waals surface area contributed by atoms with E-state index in [4.69, 9.17) is 16.3 Å². The maximum atomic E-state index is 13.6. The van der Waals surface area contributed by atoms with E-state index < -0.39 is 28.4 Å². The molecular weight excluding hydrogens is 366 g/mol. The molecule has 0 N–H and O–H groups in total. The van der Waals surface area contributed by atoms with Crippen LogP contribution in [-0.4, -0.2) is 5.97 Å². The topological polar surface area (TPSA) is 26.3 Å². The van der Waals surface area contributed by atoms with E-state index in [1.54, 1.807) is 12.1 Å². The van der Waals surface area contributed by atoms with Crippen molar-refractivity contribution in [1.29, 1.82) is 0 Å². The summed E-state index contributed by atoms with van der Waals surface area (Å²) in [7, 11) is 0. The Balaban J connectivity index is 2.02. The molecule has 114 valence electrons. The first-order valence-electron chi connectivity index (χ1n) is 6.37. The van der Waals surface area contributed by atoms with Gasteiger partial charge in [0.25, 0.3) is 0 Å². The molecule has 0 spiro atoms. The highest BCUT2D eigenvalue weighted by atomic mass is 79.9. The molecule has 1 aromatic rings. The van der Waals surface area contributed by atoms with Crippen LogP contribution in [0.15, 0.2) is 34.0 Å². The van der Waals surface area contributed by atoms with Crippen LogP contribution in [0.4, 0.5) is 8.78 Å². The standard InChI is InChI=1S/C15H14BrClF2O2/c1-15(2)9(6-12(17)19)13(15)14(20)21-7-8-10(16)4-3-5-11(8)18/h3-6,9,13H,7H2,1-2H3/b12-6+. The van der Waals surface area contributed by atoms with Gasteiger partial charge >= 0.3 is 5.97 Å². The molecule has 21 heavy (non-hydrogen) atoms. The van der Waals surface area contributed by atoms with Gasteiger partial charge in [-0.1, -0.05) is 47.4 Å². The molecule has 2 unspecified atom stereocenters. The van der Waals surface area contributed by atoms with Crippen molar-refractivity contribution < 1.29 is 18.3 Å². The van der Waals surface area contributed by atoms with Crippen LogP contribution >= 0.6 is 27.5 Å². The summed E-state index contributed by atoms with van der Waals surface area (Å²) in [5.41, 5.74) is -0.129. The number of benzene rings is 1. The van der Waals surface area contributed by atoms with Crippen molar-refractivity contribution in [2.45, 2.75) is 20.5 Å². The number of carbonyl (C=O) groups is 1. The fourth-order valence-corrected chi connectivity index (χ4v) is 3.07. The molecule has 1 aliphatic rings. The van der Waals surface area contributed by atoms with Crippen LogP contribution in [0.25, 0.3) is 0 Å². The molecule has 1 saturated carbocycles. The average Bonchev–Trinajstić information content (AvgIpc) is 2.89. The predicted octanol–water partition coefficient (Wildman–Crippen LogP) is 4.95. The lowest BCUT2D eigenvalue weighted by Crippen LogP contribution is -2.11. The van der Waals surface area contributed by atoms with Gasteiger partial charge in [-0.15, -0.1) is 0 Å². The minimum absolute atomic E-state index is 0.168. The summed E-state index contributed by atoms with van der Waals surface area (Å²) >= 11 is 8.42. The van der Waals surface area contributed by atoms with Gasteiger partial charge < -0.3 is 4.74 Å². The lowest BCUT2D eigenvalue weighted by atomic mass is 10.1. The van der Waals surface area contributed by atoms with Gasteiger partial charge in [-0.25, -0.2) is 4.39 Å². The van der Waals surface area contributed by atoms with Gasteiger partial charge in [0.1, 0.15) is 12.4 Å². The van der Waals surface area contributed by atoms with Gasteiger partial charge in [-0.3, -0.25) is 4.79 Å². The fourth-order valence-electron chi connectivity index (χ4n) is 2.48. The third kappa shape index (κ3) is 3.46. The summed E-state index contributed by atoms with van der Waals surface area (Å²) in [6.45, 7) is 3.50. The van der Waals surface area contributed by atoms with Gasteiger partial charge in [0.2, 0.25) is 0 Å². The monoisotopic (exact) mass is 378 g/mol. The maximum absolute atomic E-state index is 13.6. The van der Waals surface area contributed by atoms with Crippen LogP contribution in [0, 0.1) is 23.1 Å². The van der Waals surface area contributed by atoms with Crippen molar-refractivity contribution >= 4 is 33.5 Å². The quantitative estimate of drug-likeness (QED) is 0.692. The Hall–Kier alpha value is -0.940. The lowest BCUT2D eigenvalue weighted by Gasteiger charge is -2.08. The van der Waals surface area contributed by atoms with Crippen molar-refractivity contribution in [3.8, 4) is 0 Å². The molecule has 0 heterocycles. The number of rotatable bonds is 4. The van der Waals surface area contributed by atoms with Crippen molar-refractivity contribution in [2.75, 3.05) is 0 Å². The van der Waals surface area contributed by atoms with Crippen molar-refractivity contribution in [2.24, 2.45) is 17.3 Å². The summed E-state index contributed by atoms with van der Waals surface area (Å²) in [6, 6.07) is 4.52. The lowest BCUT2D eigenvalue weighted by molar-refractivity contribution is -0.147. The molecule has 0 bridgehead atoms. The first kappa shape index (κ1) is 16.4. The number of ether oxygens (including phenoxy) is 1. The minimum Gasteiger partial charge on any atom is -0.460 e. The molecular formula is C15H14BrClF2O2. The molecule has 0 radical (unpaired) electrons. The molecule has 0 saturated heterocycles. The summed E-state index contributed by atoms with van der Waals surface area (Å²) in [4.78, 5) is 12.1. The van der Waals surface area contributed by atoms with E-state index in [-0.39, 0.29) is 18.1 Å². The second kappa shape index (κ2) is 6.05. The van der Waals surface area contributed by atoms with Crippen LogP contribution in [0.1, 0.15) is 19.4 Å². The van der Waals surface area contributed by atoms with E-state index in [2.05, 4.69) is 15.9 Å². The number of hydrogen-bond donors (Lipinski definition) is 0. The Morgan fingerprint density at radius 3 is 2.76 bits per heavy atom. The Morgan fingerprint density at radius 2 is 2.19 bits per heavy atom. The van der Waals surface area contributed by atoms with Crippen molar-refractivity contribution in [3.05, 3.63) is 45.4 Å². The molecule has 0 aliphatic heterocycles. The molecule has 1 aromatic carbocycles. The Kier molecular flexibility index (Phi) is 4.73. The normalized spacial score (nSPS) is 23.8. The fraction of sp³-hybridized carbons (Fsp3) is 0.400. The summed E-state index contributed by atoms with van der Waals surface area (Å²) in [5.74, 6) is -1.69. The van der Waals surface area contributed by atoms with E-state index in [1.165, 1.54) is 12.1 Å². The van der Waals surface area contributed by atoms with Gasteiger partial charge in [0.05, 0.1) is 5.92 Å². The average molecular weight is 380 g/mol. The second-order valence-corrected chi connectivity index (χ2v) is 6.80. The van der Waals surface area contributed by atoms with Crippen LogP contribution in [0.3, 0.4) is 0 Å². The minimum atomic E-state index is -0.833. The molecule has 2 atom stereocenters. The van der Waals surface area contributed by atoms with E-state index in [9.17, 15) is 13.6 Å². The number of carbonyl (C=O) groups excluding carboxylic acids is 1. The zero-order valence-electron chi connectivity index (χ0n) is 11.5. The largest absolute Gasteiger partial charge is 0.460 e. The van der Waals surface area contributed by atoms with Crippen LogP contribution in [-0.2, 0) is 16.1 Å². The molecule has 6 heteroatoms. The summed E-state index contributed by atoms with van der Waals surface area (Å²) < 4.78 is 32.1. The molecule has 2 rings (SSSR count). The van der Waals surface area contributed by atoms with E-state index in [0.717, 1.165) is 0 Å². The van der Waals surface area contributed by atoms with Gasteiger partial charge in [0.15, 0.2) is 5.29 Å². The highest BCUT2D eigenvalue weighted by molar-refractivity contribution is 9.10. The number of halogens is 4. The third-order valence-corrected chi connectivity index (χ3v) is 4.76. The molecule has 2 nitrogen and oxygen atoms in total. The first-order valence-corrected chi connectivity index (χ1v) is 7.54. The Morgan fingerprint density at radius 1 is 1.52 bits per heavy atom. The molecule has 0 aromatic heterocycles. The zero-order chi connectivity index (χ0) is 15.8. The zero-order valence-corrected chi connectivity index (χ0v) is 13.8. The van der Waals surface area contributed by atoms with Crippen LogP contribution in [0.2, 0.25) is 0 Å². The summed E-state index contributed by atoms with van der Waals surface area (Å²) in [5, 5.41) is -0.833. The number of hydrogen-bond acceptors (Lipinski definition) is 2. The van der Waals surface area contributed by atoms with Crippen molar-refractivity contribution in [1.82, 2.24) is 0 Å². The van der Waals surface area contributed by atoms with Gasteiger partial charge in [-0.2, -0.15) is 4.39 Å². The number of esters is 1. The third-order valence-electron chi connectivity index (χ3n) is 3.89. The molecule has 1 fully saturated rings. The Bertz CT molecular complexity index is 577. The predicted molar refractivity (Wildman–Crippen MR) is 79.7 cm³/mol. The smallest absolute Gasteiger partial charge is 0.310 e. The van der Waals surface area contributed by atoms with E-state index >= 15 is 0 Å². The Labute approximate surface area is 135 Å². The summed E-state index contributed by atoms with van der Waals surface area (Å²) in [6.07, 6.45) is 1.21.